The van der Waals surface area contributed by atoms with Crippen molar-refractivity contribution in [2.75, 3.05) is 4.43 Å². The van der Waals surface area contributed by atoms with Gasteiger partial charge in [-0.05, 0) is 17.3 Å². The average Bonchev–Trinajstić information content (AvgIpc) is 2.14. The van der Waals surface area contributed by atoms with Crippen molar-refractivity contribution in [1.29, 1.82) is 0 Å². The molecular formula is C11H20F3I. The van der Waals surface area contributed by atoms with Gasteiger partial charge < -0.3 is 0 Å². The van der Waals surface area contributed by atoms with E-state index in [4.69, 9.17) is 0 Å². The van der Waals surface area contributed by atoms with Crippen LogP contribution in [-0.2, 0) is 0 Å². The second-order valence-electron chi connectivity index (χ2n) is 4.04. The molecule has 0 heterocycles. The third kappa shape index (κ3) is 9.45. The van der Waals surface area contributed by atoms with Gasteiger partial charge in [0.05, 0.1) is 5.92 Å². The molecule has 92 valence electrons. The van der Waals surface area contributed by atoms with E-state index in [1.165, 1.54) is 30.6 Å². The number of hydrogen-bond acceptors (Lipinski definition) is 0. The second kappa shape index (κ2) is 8.65. The first-order valence-electron chi connectivity index (χ1n) is 5.61. The van der Waals surface area contributed by atoms with Crippen molar-refractivity contribution in [1.82, 2.24) is 0 Å². The van der Waals surface area contributed by atoms with Crippen molar-refractivity contribution in [3.8, 4) is 0 Å². The summed E-state index contributed by atoms with van der Waals surface area (Å²) in [5, 5.41) is 0. The molecule has 4 heteroatoms. The Morgan fingerprint density at radius 2 is 1.40 bits per heavy atom. The molecule has 0 aliphatic rings. The van der Waals surface area contributed by atoms with E-state index in [2.05, 4.69) is 22.6 Å². The zero-order valence-electron chi connectivity index (χ0n) is 9.25. The highest BCUT2D eigenvalue weighted by Gasteiger charge is 2.34. The van der Waals surface area contributed by atoms with Crippen LogP contribution in [0.1, 0.15) is 51.9 Å². The molecule has 15 heavy (non-hydrogen) atoms. The van der Waals surface area contributed by atoms with Crippen LogP contribution in [0, 0.1) is 5.92 Å². The summed E-state index contributed by atoms with van der Waals surface area (Å²) in [6, 6.07) is 0. The lowest BCUT2D eigenvalue weighted by molar-refractivity contribution is -0.171. The third-order valence-electron chi connectivity index (χ3n) is 2.58. The number of halogens is 4. The van der Waals surface area contributed by atoms with Gasteiger partial charge in [-0.3, -0.25) is 0 Å². The van der Waals surface area contributed by atoms with Crippen molar-refractivity contribution < 1.29 is 13.2 Å². The first kappa shape index (κ1) is 15.5. The number of unbranched alkanes of at least 4 members (excludes halogenated alkanes) is 5. The van der Waals surface area contributed by atoms with Gasteiger partial charge in [0.1, 0.15) is 0 Å². The zero-order chi connectivity index (χ0) is 11.7. The lowest BCUT2D eigenvalue weighted by Crippen LogP contribution is -2.19. The van der Waals surface area contributed by atoms with Crippen LogP contribution in [0.2, 0.25) is 0 Å². The van der Waals surface area contributed by atoms with E-state index in [1.54, 1.807) is 0 Å². The fraction of sp³-hybridized carbons (Fsp3) is 1.00. The Kier molecular flexibility index (Phi) is 8.95. The van der Waals surface area contributed by atoms with Gasteiger partial charge in [-0.15, -0.1) is 0 Å². The molecule has 1 unspecified atom stereocenters. The van der Waals surface area contributed by atoms with Crippen molar-refractivity contribution in [2.24, 2.45) is 5.92 Å². The van der Waals surface area contributed by atoms with Crippen molar-refractivity contribution >= 4 is 22.6 Å². The minimum Gasteiger partial charge on any atom is -0.171 e. The Morgan fingerprint density at radius 3 is 1.87 bits per heavy atom. The number of rotatable bonds is 8. The van der Waals surface area contributed by atoms with Gasteiger partial charge in [-0.25, -0.2) is 0 Å². The molecule has 0 N–H and O–H groups in total. The molecule has 0 saturated carbocycles. The van der Waals surface area contributed by atoms with Crippen LogP contribution in [0.3, 0.4) is 0 Å². The van der Waals surface area contributed by atoms with Crippen LogP contribution >= 0.6 is 22.6 Å². The quantitative estimate of drug-likeness (QED) is 0.318. The summed E-state index contributed by atoms with van der Waals surface area (Å²) in [6.45, 7) is 1.27. The largest absolute Gasteiger partial charge is 0.391 e. The average molecular weight is 336 g/mol. The van der Waals surface area contributed by atoms with Crippen LogP contribution in [0.25, 0.3) is 0 Å². The predicted molar refractivity (Wildman–Crippen MR) is 66.4 cm³/mol. The molecule has 0 aliphatic carbocycles. The minimum atomic E-state index is -4.00. The molecule has 0 radical (unpaired) electrons. The Bertz CT molecular complexity index is 145. The van der Waals surface area contributed by atoms with Crippen LogP contribution in [0.15, 0.2) is 0 Å². The molecule has 0 amide bonds. The molecule has 0 nitrogen and oxygen atoms in total. The summed E-state index contributed by atoms with van der Waals surface area (Å²) >= 11 is 2.35. The highest BCUT2D eigenvalue weighted by atomic mass is 127. The fourth-order valence-corrected chi connectivity index (χ4v) is 1.96. The first-order chi connectivity index (χ1) is 6.98. The summed E-state index contributed by atoms with van der Waals surface area (Å²) in [4.78, 5) is 0. The monoisotopic (exact) mass is 336 g/mol. The first-order valence-corrected chi connectivity index (χ1v) is 7.13. The molecule has 0 fully saturated rings. The minimum absolute atomic E-state index is 0.287. The standard InChI is InChI=1S/C11H20F3I/c1-10(11(12,13)14)8-6-4-2-3-5-7-9-15/h10H,2-9H2,1H3. The summed E-state index contributed by atoms with van der Waals surface area (Å²) in [6.07, 6.45) is 2.66. The van der Waals surface area contributed by atoms with E-state index in [-0.39, 0.29) is 6.42 Å². The molecule has 0 bridgehead atoms. The molecule has 0 aromatic carbocycles. The maximum absolute atomic E-state index is 12.1. The number of hydrogen-bond donors (Lipinski definition) is 0. The smallest absolute Gasteiger partial charge is 0.171 e. The maximum atomic E-state index is 12.1. The predicted octanol–water partition coefficient (Wildman–Crippen LogP) is 5.35. The van der Waals surface area contributed by atoms with Gasteiger partial charge in [-0.2, -0.15) is 13.2 Å². The van der Waals surface area contributed by atoms with Gasteiger partial charge >= 0.3 is 6.18 Å². The van der Waals surface area contributed by atoms with Crippen molar-refractivity contribution in [3.05, 3.63) is 0 Å². The highest BCUT2D eigenvalue weighted by molar-refractivity contribution is 14.1. The van der Waals surface area contributed by atoms with Crippen LogP contribution in [0.4, 0.5) is 13.2 Å². The molecule has 0 rings (SSSR count). The zero-order valence-corrected chi connectivity index (χ0v) is 11.4. The lowest BCUT2D eigenvalue weighted by atomic mass is 10.0. The van der Waals surface area contributed by atoms with E-state index in [0.717, 1.165) is 12.8 Å². The molecule has 0 spiro atoms. The van der Waals surface area contributed by atoms with E-state index in [1.807, 2.05) is 0 Å². The lowest BCUT2D eigenvalue weighted by Gasteiger charge is -2.14. The SMILES string of the molecule is CC(CCCCCCCCI)C(F)(F)F. The summed E-state index contributed by atoms with van der Waals surface area (Å²) < 4.78 is 37.6. The maximum Gasteiger partial charge on any atom is 0.391 e. The topological polar surface area (TPSA) is 0 Å². The van der Waals surface area contributed by atoms with E-state index >= 15 is 0 Å². The second-order valence-corrected chi connectivity index (χ2v) is 5.12. The molecule has 0 aromatic heterocycles. The molecule has 0 saturated heterocycles. The normalized spacial score (nSPS) is 14.2. The third-order valence-corrected chi connectivity index (χ3v) is 3.34. The van der Waals surface area contributed by atoms with Crippen LogP contribution in [0.5, 0.6) is 0 Å². The summed E-state index contributed by atoms with van der Waals surface area (Å²) in [7, 11) is 0. The van der Waals surface area contributed by atoms with E-state index < -0.39 is 12.1 Å². The molecule has 0 aliphatic heterocycles. The van der Waals surface area contributed by atoms with E-state index in [0.29, 0.717) is 6.42 Å². The Morgan fingerprint density at radius 1 is 0.933 bits per heavy atom. The van der Waals surface area contributed by atoms with Crippen molar-refractivity contribution in [3.63, 3.8) is 0 Å². The summed E-state index contributed by atoms with van der Waals surface area (Å²) in [5.41, 5.74) is 0. The van der Waals surface area contributed by atoms with Gasteiger partial charge in [0.2, 0.25) is 0 Å². The van der Waals surface area contributed by atoms with Gasteiger partial charge in [-0.1, -0.05) is 61.6 Å². The Labute approximate surface area is 104 Å². The van der Waals surface area contributed by atoms with Crippen LogP contribution in [-0.4, -0.2) is 10.6 Å². The van der Waals surface area contributed by atoms with Crippen LogP contribution < -0.4 is 0 Å². The van der Waals surface area contributed by atoms with E-state index in [9.17, 15) is 13.2 Å². The number of alkyl halides is 4. The molecule has 0 aromatic rings. The Balaban J connectivity index is 3.24. The summed E-state index contributed by atoms with van der Waals surface area (Å²) in [5.74, 6) is -1.13. The fourth-order valence-electron chi connectivity index (χ4n) is 1.42. The molecule has 1 atom stereocenters. The van der Waals surface area contributed by atoms with Gasteiger partial charge in [0.15, 0.2) is 0 Å². The highest BCUT2D eigenvalue weighted by Crippen LogP contribution is 2.29. The molecular weight excluding hydrogens is 316 g/mol. The van der Waals surface area contributed by atoms with Crippen molar-refractivity contribution in [2.45, 2.75) is 58.0 Å². The van der Waals surface area contributed by atoms with Gasteiger partial charge in [0, 0.05) is 0 Å². The Hall–Kier alpha value is 0.520. The van der Waals surface area contributed by atoms with Gasteiger partial charge in [0.25, 0.3) is 0 Å².